The van der Waals surface area contributed by atoms with Crippen molar-refractivity contribution in [1.29, 1.82) is 0 Å². The maximum absolute atomic E-state index is 13.1. The minimum absolute atomic E-state index is 0.0216. The fourth-order valence-electron chi connectivity index (χ4n) is 3.15. The number of esters is 1. The second-order valence-corrected chi connectivity index (χ2v) is 5.71. The van der Waals surface area contributed by atoms with Crippen molar-refractivity contribution in [2.75, 3.05) is 7.11 Å². The standard InChI is InChI=1S/C16H18FNO3/c1-21-16(20)13-8-9-14(19)18(13)15(10-2-3-10)11-4-6-12(17)7-5-11/h4-7,10,13,15H,2-3,8-9H2,1H3. The monoisotopic (exact) mass is 291 g/mol. The van der Waals surface area contributed by atoms with Crippen LogP contribution < -0.4 is 0 Å². The number of amides is 1. The van der Waals surface area contributed by atoms with Gasteiger partial charge in [-0.2, -0.15) is 0 Å². The number of benzene rings is 1. The first kappa shape index (κ1) is 14.0. The van der Waals surface area contributed by atoms with Gasteiger partial charge in [0.15, 0.2) is 0 Å². The summed E-state index contributed by atoms with van der Waals surface area (Å²) in [6.07, 6.45) is 2.92. The van der Waals surface area contributed by atoms with Crippen LogP contribution in [0.15, 0.2) is 24.3 Å². The lowest BCUT2D eigenvalue weighted by molar-refractivity contribution is -0.151. The zero-order valence-electron chi connectivity index (χ0n) is 11.9. The number of likely N-dealkylation sites (tertiary alicyclic amines) is 1. The molecule has 4 nitrogen and oxygen atoms in total. The Hall–Kier alpha value is -1.91. The molecule has 2 aliphatic rings. The maximum Gasteiger partial charge on any atom is 0.328 e. The zero-order valence-corrected chi connectivity index (χ0v) is 11.9. The summed E-state index contributed by atoms with van der Waals surface area (Å²) < 4.78 is 18.0. The highest BCUT2D eigenvalue weighted by Gasteiger charge is 2.46. The third-order valence-corrected chi connectivity index (χ3v) is 4.31. The largest absolute Gasteiger partial charge is 0.467 e. The number of hydrogen-bond acceptors (Lipinski definition) is 3. The van der Waals surface area contributed by atoms with E-state index in [1.165, 1.54) is 19.2 Å². The van der Waals surface area contributed by atoms with Gasteiger partial charge in [-0.25, -0.2) is 9.18 Å². The van der Waals surface area contributed by atoms with Gasteiger partial charge in [0.1, 0.15) is 11.9 Å². The molecule has 2 unspecified atom stereocenters. The van der Waals surface area contributed by atoms with Crippen LogP contribution in [0.1, 0.15) is 37.3 Å². The second kappa shape index (κ2) is 5.47. The van der Waals surface area contributed by atoms with Crippen LogP contribution in [0.2, 0.25) is 0 Å². The van der Waals surface area contributed by atoms with E-state index < -0.39 is 6.04 Å². The Morgan fingerprint density at radius 1 is 1.29 bits per heavy atom. The number of ether oxygens (including phenoxy) is 1. The van der Waals surface area contributed by atoms with Gasteiger partial charge in [-0.15, -0.1) is 0 Å². The molecule has 0 radical (unpaired) electrons. The Morgan fingerprint density at radius 3 is 2.52 bits per heavy atom. The summed E-state index contributed by atoms with van der Waals surface area (Å²) in [5.41, 5.74) is 0.892. The van der Waals surface area contributed by atoms with E-state index in [1.807, 2.05) is 0 Å². The lowest BCUT2D eigenvalue weighted by Crippen LogP contribution is -2.42. The summed E-state index contributed by atoms with van der Waals surface area (Å²) in [7, 11) is 1.34. The predicted molar refractivity (Wildman–Crippen MR) is 73.7 cm³/mol. The molecule has 3 rings (SSSR count). The van der Waals surface area contributed by atoms with Crippen LogP contribution in [0.25, 0.3) is 0 Å². The fourth-order valence-corrected chi connectivity index (χ4v) is 3.15. The molecular formula is C16H18FNO3. The van der Waals surface area contributed by atoms with E-state index >= 15 is 0 Å². The number of methoxy groups -OCH3 is 1. The van der Waals surface area contributed by atoms with Crippen molar-refractivity contribution < 1.29 is 18.7 Å². The van der Waals surface area contributed by atoms with Gasteiger partial charge in [0.2, 0.25) is 5.91 Å². The summed E-state index contributed by atoms with van der Waals surface area (Å²) in [6, 6.07) is 5.55. The molecule has 21 heavy (non-hydrogen) atoms. The van der Waals surface area contributed by atoms with Crippen molar-refractivity contribution in [2.45, 2.75) is 37.8 Å². The Kier molecular flexibility index (Phi) is 3.66. The first-order valence-corrected chi connectivity index (χ1v) is 7.26. The van der Waals surface area contributed by atoms with E-state index in [4.69, 9.17) is 4.74 Å². The van der Waals surface area contributed by atoms with Crippen LogP contribution in [-0.4, -0.2) is 29.9 Å². The van der Waals surface area contributed by atoms with Gasteiger partial charge in [0, 0.05) is 6.42 Å². The highest BCUT2D eigenvalue weighted by molar-refractivity contribution is 5.88. The average molecular weight is 291 g/mol. The van der Waals surface area contributed by atoms with Gasteiger partial charge in [0.25, 0.3) is 0 Å². The molecule has 1 heterocycles. The zero-order chi connectivity index (χ0) is 15.0. The number of carbonyl (C=O) groups is 2. The molecule has 2 atom stereocenters. The van der Waals surface area contributed by atoms with Gasteiger partial charge in [0.05, 0.1) is 13.2 Å². The van der Waals surface area contributed by atoms with Crippen molar-refractivity contribution in [3.8, 4) is 0 Å². The number of rotatable bonds is 4. The van der Waals surface area contributed by atoms with E-state index in [9.17, 15) is 14.0 Å². The predicted octanol–water partition coefficient (Wildman–Crippen LogP) is 2.44. The smallest absolute Gasteiger partial charge is 0.328 e. The lowest BCUT2D eigenvalue weighted by Gasteiger charge is -2.32. The minimum Gasteiger partial charge on any atom is -0.467 e. The normalized spacial score (nSPS) is 23.2. The molecule has 1 saturated heterocycles. The lowest BCUT2D eigenvalue weighted by atomic mass is 9.99. The highest BCUT2D eigenvalue weighted by Crippen LogP contribution is 2.47. The van der Waals surface area contributed by atoms with Crippen LogP contribution >= 0.6 is 0 Å². The van der Waals surface area contributed by atoms with Gasteiger partial charge in [-0.05, 0) is 42.9 Å². The molecule has 1 amide bonds. The third kappa shape index (κ3) is 2.64. The molecule has 0 spiro atoms. The Bertz CT molecular complexity index is 553. The molecule has 0 aromatic heterocycles. The Labute approximate surface area is 122 Å². The number of halogens is 1. The van der Waals surface area contributed by atoms with Gasteiger partial charge in [-0.3, -0.25) is 4.79 Å². The van der Waals surface area contributed by atoms with Gasteiger partial charge in [-0.1, -0.05) is 12.1 Å². The molecule has 1 aliphatic carbocycles. The molecule has 1 aliphatic heterocycles. The molecule has 1 aromatic rings. The summed E-state index contributed by atoms with van der Waals surface area (Å²) in [6.45, 7) is 0. The molecular weight excluding hydrogens is 273 g/mol. The number of nitrogens with zero attached hydrogens (tertiary/aromatic N) is 1. The summed E-state index contributed by atoms with van der Waals surface area (Å²) in [4.78, 5) is 25.9. The maximum atomic E-state index is 13.1. The summed E-state index contributed by atoms with van der Waals surface area (Å²) in [5.74, 6) is -0.338. The third-order valence-electron chi connectivity index (χ3n) is 4.31. The van der Waals surface area contributed by atoms with E-state index in [0.717, 1.165) is 18.4 Å². The number of hydrogen-bond donors (Lipinski definition) is 0. The average Bonchev–Trinajstić information content (AvgIpc) is 3.25. The van der Waals surface area contributed by atoms with E-state index in [-0.39, 0.29) is 23.7 Å². The molecule has 1 saturated carbocycles. The van der Waals surface area contributed by atoms with Crippen LogP contribution in [0, 0.1) is 11.7 Å². The SMILES string of the molecule is COC(=O)C1CCC(=O)N1C(c1ccc(F)cc1)C1CC1. The quantitative estimate of drug-likeness (QED) is 0.800. The van der Waals surface area contributed by atoms with E-state index in [1.54, 1.807) is 17.0 Å². The van der Waals surface area contributed by atoms with Gasteiger partial charge >= 0.3 is 5.97 Å². The molecule has 0 bridgehead atoms. The second-order valence-electron chi connectivity index (χ2n) is 5.71. The fraction of sp³-hybridized carbons (Fsp3) is 0.500. The van der Waals surface area contributed by atoms with Crippen molar-refractivity contribution >= 4 is 11.9 Å². The van der Waals surface area contributed by atoms with Crippen LogP contribution in [0.3, 0.4) is 0 Å². The summed E-state index contributed by atoms with van der Waals surface area (Å²) in [5, 5.41) is 0. The van der Waals surface area contributed by atoms with Crippen molar-refractivity contribution in [3.05, 3.63) is 35.6 Å². The van der Waals surface area contributed by atoms with Crippen LogP contribution in [-0.2, 0) is 14.3 Å². The van der Waals surface area contributed by atoms with E-state index in [2.05, 4.69) is 0 Å². The topological polar surface area (TPSA) is 46.6 Å². The Morgan fingerprint density at radius 2 is 1.95 bits per heavy atom. The van der Waals surface area contributed by atoms with E-state index in [0.29, 0.717) is 18.8 Å². The Balaban J connectivity index is 1.94. The number of carbonyl (C=O) groups excluding carboxylic acids is 2. The molecule has 5 heteroatoms. The summed E-state index contributed by atoms with van der Waals surface area (Å²) >= 11 is 0. The minimum atomic E-state index is -0.516. The molecule has 1 aromatic carbocycles. The highest BCUT2D eigenvalue weighted by atomic mass is 19.1. The van der Waals surface area contributed by atoms with Crippen LogP contribution in [0.5, 0.6) is 0 Å². The van der Waals surface area contributed by atoms with Crippen molar-refractivity contribution in [3.63, 3.8) is 0 Å². The molecule has 112 valence electrons. The molecule has 2 fully saturated rings. The molecule has 0 N–H and O–H groups in total. The van der Waals surface area contributed by atoms with Gasteiger partial charge < -0.3 is 9.64 Å². The van der Waals surface area contributed by atoms with Crippen LogP contribution in [0.4, 0.5) is 4.39 Å². The van der Waals surface area contributed by atoms with Crippen molar-refractivity contribution in [2.24, 2.45) is 5.92 Å². The van der Waals surface area contributed by atoms with Crippen molar-refractivity contribution in [1.82, 2.24) is 4.90 Å². The first-order valence-electron chi connectivity index (χ1n) is 7.26. The first-order chi connectivity index (χ1) is 10.1.